The Morgan fingerprint density at radius 2 is 1.77 bits per heavy atom. The predicted molar refractivity (Wildman–Crippen MR) is 174 cm³/mol. The van der Waals surface area contributed by atoms with Gasteiger partial charge in [0.15, 0.2) is 0 Å². The summed E-state index contributed by atoms with van der Waals surface area (Å²) < 4.78 is 4.04. The highest BCUT2D eigenvalue weighted by molar-refractivity contribution is 6.04. The SMILES string of the molecule is Cc1cc(C(=O)Nc2nc3ccc(C4CCN(CCN(C)C)CC4)cc3n2[C@H]2CC[C@@H](O)CC2)cc(-c2cnn(C)c2C)n1. The minimum atomic E-state index is -0.263. The summed E-state index contributed by atoms with van der Waals surface area (Å²) in [6, 6.07) is 10.5. The van der Waals surface area contributed by atoms with Gasteiger partial charge in [0.05, 0.1) is 29.0 Å². The van der Waals surface area contributed by atoms with Crippen molar-refractivity contribution in [3.8, 4) is 11.3 Å². The molecule has 1 aliphatic heterocycles. The average molecular weight is 599 g/mol. The Hall–Kier alpha value is -3.60. The summed E-state index contributed by atoms with van der Waals surface area (Å²) in [4.78, 5) is 28.3. The Morgan fingerprint density at radius 1 is 1.02 bits per heavy atom. The number of aliphatic hydroxyl groups is 1. The molecule has 4 heterocycles. The van der Waals surface area contributed by atoms with Crippen molar-refractivity contribution in [2.75, 3.05) is 45.6 Å². The number of imidazole rings is 1. The first-order valence-electron chi connectivity index (χ1n) is 16.0. The van der Waals surface area contributed by atoms with Gasteiger partial charge in [-0.05, 0) is 115 Å². The molecule has 1 aromatic carbocycles. The second-order valence-corrected chi connectivity index (χ2v) is 13.0. The zero-order valence-corrected chi connectivity index (χ0v) is 26.8. The van der Waals surface area contributed by atoms with Crippen molar-refractivity contribution < 1.29 is 9.90 Å². The molecule has 234 valence electrons. The molecule has 0 unspecified atom stereocenters. The lowest BCUT2D eigenvalue weighted by Crippen LogP contribution is -2.37. The molecule has 1 saturated heterocycles. The van der Waals surface area contributed by atoms with Crippen molar-refractivity contribution in [1.82, 2.24) is 34.1 Å². The molecule has 2 N–H and O–H groups in total. The number of hydrogen-bond donors (Lipinski definition) is 2. The number of hydrogen-bond acceptors (Lipinski definition) is 7. The van der Waals surface area contributed by atoms with Crippen LogP contribution in [0.3, 0.4) is 0 Å². The van der Waals surface area contributed by atoms with E-state index in [1.54, 1.807) is 6.20 Å². The van der Waals surface area contributed by atoms with Crippen molar-refractivity contribution in [1.29, 1.82) is 0 Å². The number of carbonyl (C=O) groups excluding carboxylic acids is 1. The first-order chi connectivity index (χ1) is 21.2. The van der Waals surface area contributed by atoms with E-state index in [4.69, 9.17) is 9.97 Å². The molecule has 44 heavy (non-hydrogen) atoms. The lowest BCUT2D eigenvalue weighted by atomic mass is 9.89. The first-order valence-corrected chi connectivity index (χ1v) is 16.0. The Morgan fingerprint density at radius 3 is 2.45 bits per heavy atom. The van der Waals surface area contributed by atoms with E-state index in [1.165, 1.54) is 5.56 Å². The highest BCUT2D eigenvalue weighted by Gasteiger charge is 2.27. The number of nitrogens with one attached hydrogen (secondary N) is 1. The fourth-order valence-electron chi connectivity index (χ4n) is 6.83. The predicted octanol–water partition coefficient (Wildman–Crippen LogP) is 4.92. The number of amides is 1. The quantitative estimate of drug-likeness (QED) is 0.297. The third-order valence-electron chi connectivity index (χ3n) is 9.62. The Bertz CT molecular complexity index is 1620. The molecule has 2 fully saturated rings. The van der Waals surface area contributed by atoms with Crippen LogP contribution in [0, 0.1) is 13.8 Å². The van der Waals surface area contributed by atoms with Crippen molar-refractivity contribution in [3.63, 3.8) is 0 Å². The van der Waals surface area contributed by atoms with Crippen molar-refractivity contribution in [2.45, 2.75) is 70.4 Å². The van der Waals surface area contributed by atoms with Crippen molar-refractivity contribution in [3.05, 3.63) is 59.0 Å². The summed E-state index contributed by atoms with van der Waals surface area (Å²) in [7, 11) is 6.17. The van der Waals surface area contributed by atoms with Crippen LogP contribution in [0.5, 0.6) is 0 Å². The van der Waals surface area contributed by atoms with Crippen LogP contribution in [0.1, 0.15) is 77.8 Å². The number of aliphatic hydroxyl groups excluding tert-OH is 1. The Labute approximate surface area is 260 Å². The van der Waals surface area contributed by atoms with E-state index in [0.717, 1.165) is 98.4 Å². The molecule has 1 saturated carbocycles. The van der Waals surface area contributed by atoms with Gasteiger partial charge in [-0.3, -0.25) is 19.8 Å². The van der Waals surface area contributed by atoms with Crippen LogP contribution in [0.2, 0.25) is 0 Å². The molecule has 4 aromatic rings. The van der Waals surface area contributed by atoms with Crippen molar-refractivity contribution >= 4 is 22.9 Å². The second kappa shape index (κ2) is 12.8. The van der Waals surface area contributed by atoms with E-state index in [2.05, 4.69) is 57.1 Å². The van der Waals surface area contributed by atoms with Gasteiger partial charge < -0.3 is 19.5 Å². The molecule has 2 aliphatic rings. The summed E-state index contributed by atoms with van der Waals surface area (Å²) in [5.74, 6) is 0.866. The smallest absolute Gasteiger partial charge is 0.258 e. The fourth-order valence-corrected chi connectivity index (χ4v) is 6.83. The van der Waals surface area contributed by atoms with Crippen LogP contribution in [0.4, 0.5) is 5.95 Å². The lowest BCUT2D eigenvalue weighted by Gasteiger charge is -2.33. The molecular formula is C34H46N8O2. The molecule has 6 rings (SSSR count). The third-order valence-corrected chi connectivity index (χ3v) is 9.62. The topological polar surface area (TPSA) is 104 Å². The highest BCUT2D eigenvalue weighted by atomic mass is 16.3. The molecule has 1 amide bonds. The summed E-state index contributed by atoms with van der Waals surface area (Å²) in [6.45, 7) is 8.33. The van der Waals surface area contributed by atoms with Crippen LogP contribution in [-0.4, -0.2) is 91.5 Å². The average Bonchev–Trinajstić information content (AvgIpc) is 3.54. The van der Waals surface area contributed by atoms with Gasteiger partial charge in [-0.25, -0.2) is 4.98 Å². The number of likely N-dealkylation sites (N-methyl/N-ethyl adjacent to an activating group) is 1. The molecule has 3 aromatic heterocycles. The van der Waals surface area contributed by atoms with Gasteiger partial charge in [0, 0.05) is 48.7 Å². The first kappa shape index (κ1) is 30.4. The van der Waals surface area contributed by atoms with Crippen LogP contribution in [0.25, 0.3) is 22.3 Å². The standard InChI is InChI=1S/C34H46N8O2/c1-22-18-26(19-31(36-22)29-21-35-40(5)23(29)2)33(44)38-34-37-30-11-6-25(24-12-14-41(15-13-24)17-16-39(3)4)20-32(30)42(34)27-7-9-28(43)10-8-27/h6,11,18-21,24,27-28,43H,7-10,12-17H2,1-5H3,(H,37,38,44)/t27-,28+. The summed E-state index contributed by atoms with van der Waals surface area (Å²) >= 11 is 0. The van der Waals surface area contributed by atoms with Gasteiger partial charge in [0.2, 0.25) is 5.95 Å². The largest absolute Gasteiger partial charge is 0.393 e. The van der Waals surface area contributed by atoms with Crippen LogP contribution >= 0.6 is 0 Å². The summed E-state index contributed by atoms with van der Waals surface area (Å²) in [5, 5.41) is 17.8. The number of rotatable bonds is 8. The van der Waals surface area contributed by atoms with E-state index in [0.29, 0.717) is 17.4 Å². The van der Waals surface area contributed by atoms with Gasteiger partial charge in [-0.15, -0.1) is 0 Å². The fraction of sp³-hybridized carbons (Fsp3) is 0.529. The second-order valence-electron chi connectivity index (χ2n) is 13.0. The Kier molecular flexibility index (Phi) is 8.84. The number of benzene rings is 1. The van der Waals surface area contributed by atoms with Crippen LogP contribution < -0.4 is 5.32 Å². The summed E-state index contributed by atoms with van der Waals surface area (Å²) in [5.41, 5.74) is 7.23. The van der Waals surface area contributed by atoms with Gasteiger partial charge in [0.25, 0.3) is 5.91 Å². The number of aromatic nitrogens is 5. The molecule has 0 bridgehead atoms. The minimum Gasteiger partial charge on any atom is -0.393 e. The molecule has 0 radical (unpaired) electrons. The zero-order chi connectivity index (χ0) is 31.0. The molecule has 0 atom stereocenters. The van der Waals surface area contributed by atoms with Gasteiger partial charge in [0.1, 0.15) is 0 Å². The maximum absolute atomic E-state index is 13.8. The molecule has 0 spiro atoms. The van der Waals surface area contributed by atoms with Crippen molar-refractivity contribution in [2.24, 2.45) is 7.05 Å². The number of nitrogens with zero attached hydrogens (tertiary/aromatic N) is 7. The lowest BCUT2D eigenvalue weighted by molar-refractivity contribution is 0.102. The monoisotopic (exact) mass is 598 g/mol. The maximum Gasteiger partial charge on any atom is 0.258 e. The number of piperidine rings is 1. The number of anilines is 1. The van der Waals surface area contributed by atoms with Crippen LogP contribution in [-0.2, 0) is 7.05 Å². The molecule has 10 heteroatoms. The summed E-state index contributed by atoms with van der Waals surface area (Å²) in [6.07, 6.45) is 7.02. The van der Waals surface area contributed by atoms with Gasteiger partial charge in [-0.2, -0.15) is 5.10 Å². The van der Waals surface area contributed by atoms with E-state index in [-0.39, 0.29) is 18.1 Å². The van der Waals surface area contributed by atoms with E-state index in [9.17, 15) is 9.90 Å². The van der Waals surface area contributed by atoms with E-state index >= 15 is 0 Å². The maximum atomic E-state index is 13.8. The molecular weight excluding hydrogens is 552 g/mol. The number of carbonyl (C=O) groups is 1. The van der Waals surface area contributed by atoms with E-state index < -0.39 is 0 Å². The number of pyridine rings is 1. The molecule has 1 aliphatic carbocycles. The number of aryl methyl sites for hydroxylation is 2. The third kappa shape index (κ3) is 6.43. The Balaban J connectivity index is 1.29. The normalized spacial score (nSPS) is 20.1. The van der Waals surface area contributed by atoms with Gasteiger partial charge in [-0.1, -0.05) is 6.07 Å². The molecule has 10 nitrogen and oxygen atoms in total. The highest BCUT2D eigenvalue weighted by Crippen LogP contribution is 2.37. The van der Waals surface area contributed by atoms with Gasteiger partial charge >= 0.3 is 0 Å². The zero-order valence-electron chi connectivity index (χ0n) is 26.8. The number of likely N-dealkylation sites (tertiary alicyclic amines) is 1. The van der Waals surface area contributed by atoms with Crippen LogP contribution in [0.15, 0.2) is 36.5 Å². The number of fused-ring (bicyclic) bond motifs is 1. The minimum absolute atomic E-state index is 0.162. The van der Waals surface area contributed by atoms with E-state index in [1.807, 2.05) is 37.7 Å².